The third kappa shape index (κ3) is 3.07. The molecule has 0 bridgehead atoms. The number of ether oxygens (including phenoxy) is 1. The van der Waals surface area contributed by atoms with Crippen LogP contribution in [-0.4, -0.2) is 43.7 Å². The Morgan fingerprint density at radius 2 is 2.21 bits per heavy atom. The molecule has 0 amide bonds. The quantitative estimate of drug-likeness (QED) is 0.849. The number of esters is 1. The number of hydrogen-bond donors (Lipinski definition) is 1. The summed E-state index contributed by atoms with van der Waals surface area (Å²) in [5.74, 6) is -0.288. The largest absolute Gasteiger partial charge is 0.465 e. The van der Waals surface area contributed by atoms with Crippen LogP contribution in [0.4, 0.5) is 5.69 Å². The molecule has 2 rings (SSSR count). The van der Waals surface area contributed by atoms with Crippen LogP contribution in [0.2, 0.25) is 0 Å². The predicted octanol–water partition coefficient (Wildman–Crippen LogP) is 2.29. The van der Waals surface area contributed by atoms with Crippen LogP contribution in [0.5, 0.6) is 0 Å². The summed E-state index contributed by atoms with van der Waals surface area (Å²) in [6.45, 7) is 5.31. The number of carbonyl (C=O) groups excluding carboxylic acids is 1. The van der Waals surface area contributed by atoms with Crippen molar-refractivity contribution in [1.82, 2.24) is 4.90 Å². The van der Waals surface area contributed by atoms with E-state index in [1.54, 1.807) is 0 Å². The third-order valence-electron chi connectivity index (χ3n) is 3.89. The van der Waals surface area contributed by atoms with Crippen LogP contribution in [0.1, 0.15) is 29.3 Å². The molecule has 1 aliphatic rings. The first kappa shape index (κ1) is 13.9. The highest BCUT2D eigenvalue weighted by Gasteiger charge is 2.26. The Morgan fingerprint density at radius 3 is 2.74 bits per heavy atom. The highest BCUT2D eigenvalue weighted by Crippen LogP contribution is 2.23. The lowest BCUT2D eigenvalue weighted by Gasteiger charge is -2.16. The maximum atomic E-state index is 11.5. The number of methoxy groups -OCH3 is 1. The number of likely N-dealkylation sites (N-methyl/N-ethyl adjacent to an activating group) is 1. The molecule has 0 spiro atoms. The molecule has 1 aliphatic heterocycles. The fourth-order valence-corrected chi connectivity index (χ4v) is 2.59. The Kier molecular flexibility index (Phi) is 4.10. The van der Waals surface area contributed by atoms with Crippen LogP contribution in [0, 0.1) is 6.92 Å². The van der Waals surface area contributed by atoms with Crippen LogP contribution in [0.25, 0.3) is 0 Å². The number of nitrogens with zero attached hydrogens (tertiary/aromatic N) is 1. The first-order valence-electron chi connectivity index (χ1n) is 6.67. The van der Waals surface area contributed by atoms with E-state index >= 15 is 0 Å². The number of carbonyl (C=O) groups is 1. The SMILES string of the molecule is COC(=O)c1ccc(NC2CC(C)N(C)C2)c(C)c1. The molecule has 0 aliphatic carbocycles. The van der Waals surface area contributed by atoms with E-state index < -0.39 is 0 Å². The highest BCUT2D eigenvalue weighted by molar-refractivity contribution is 5.90. The van der Waals surface area contributed by atoms with E-state index in [1.165, 1.54) is 7.11 Å². The summed E-state index contributed by atoms with van der Waals surface area (Å²) in [5.41, 5.74) is 2.77. The molecule has 1 aromatic carbocycles. The van der Waals surface area contributed by atoms with Gasteiger partial charge in [-0.25, -0.2) is 4.79 Å². The van der Waals surface area contributed by atoms with Crippen molar-refractivity contribution >= 4 is 11.7 Å². The summed E-state index contributed by atoms with van der Waals surface area (Å²) in [6, 6.07) is 6.74. The molecule has 0 aromatic heterocycles. The third-order valence-corrected chi connectivity index (χ3v) is 3.89. The van der Waals surface area contributed by atoms with Crippen LogP contribution >= 0.6 is 0 Å². The van der Waals surface area contributed by atoms with Gasteiger partial charge in [-0.05, 0) is 51.1 Å². The van der Waals surface area contributed by atoms with Crippen LogP contribution in [-0.2, 0) is 4.74 Å². The normalized spacial score (nSPS) is 23.4. The minimum atomic E-state index is -0.288. The number of benzene rings is 1. The van der Waals surface area contributed by atoms with Gasteiger partial charge < -0.3 is 15.0 Å². The van der Waals surface area contributed by atoms with Gasteiger partial charge in [0.1, 0.15) is 0 Å². The van der Waals surface area contributed by atoms with Gasteiger partial charge in [-0.3, -0.25) is 0 Å². The lowest BCUT2D eigenvalue weighted by atomic mass is 10.1. The van der Waals surface area contributed by atoms with E-state index in [9.17, 15) is 4.79 Å². The standard InChI is InChI=1S/C15H22N2O2/c1-10-7-12(15(18)19-4)5-6-14(10)16-13-8-11(2)17(3)9-13/h5-7,11,13,16H,8-9H2,1-4H3. The van der Waals surface area contributed by atoms with Crippen LogP contribution in [0.15, 0.2) is 18.2 Å². The summed E-state index contributed by atoms with van der Waals surface area (Å²) >= 11 is 0. The molecule has 0 saturated carbocycles. The lowest BCUT2D eigenvalue weighted by molar-refractivity contribution is 0.0600. The maximum absolute atomic E-state index is 11.5. The Morgan fingerprint density at radius 1 is 1.47 bits per heavy atom. The van der Waals surface area contributed by atoms with E-state index in [0.717, 1.165) is 24.2 Å². The molecule has 1 N–H and O–H groups in total. The van der Waals surface area contributed by atoms with Crippen molar-refractivity contribution in [3.63, 3.8) is 0 Å². The fraction of sp³-hybridized carbons (Fsp3) is 0.533. The Hall–Kier alpha value is -1.55. The van der Waals surface area contributed by atoms with Gasteiger partial charge in [0, 0.05) is 24.3 Å². The zero-order chi connectivity index (χ0) is 14.0. The molecule has 19 heavy (non-hydrogen) atoms. The monoisotopic (exact) mass is 262 g/mol. The Balaban J connectivity index is 2.08. The molecule has 4 nitrogen and oxygen atoms in total. The summed E-state index contributed by atoms with van der Waals surface area (Å²) in [6.07, 6.45) is 1.15. The second-order valence-corrected chi connectivity index (χ2v) is 5.39. The summed E-state index contributed by atoms with van der Waals surface area (Å²) in [5, 5.41) is 3.56. The topological polar surface area (TPSA) is 41.6 Å². The second kappa shape index (κ2) is 5.61. The van der Waals surface area contributed by atoms with E-state index in [-0.39, 0.29) is 5.97 Å². The first-order chi connectivity index (χ1) is 9.01. The van der Waals surface area contributed by atoms with Crippen LogP contribution < -0.4 is 5.32 Å². The Labute approximate surface area is 114 Å². The zero-order valence-electron chi connectivity index (χ0n) is 12.1. The summed E-state index contributed by atoms with van der Waals surface area (Å²) in [7, 11) is 3.55. The van der Waals surface area contributed by atoms with Gasteiger partial charge >= 0.3 is 5.97 Å². The van der Waals surface area contributed by atoms with E-state index in [0.29, 0.717) is 17.6 Å². The van der Waals surface area contributed by atoms with Crippen LogP contribution in [0.3, 0.4) is 0 Å². The first-order valence-corrected chi connectivity index (χ1v) is 6.67. The van der Waals surface area contributed by atoms with Crippen molar-refractivity contribution in [2.24, 2.45) is 0 Å². The van der Waals surface area contributed by atoms with E-state index in [2.05, 4.69) is 24.2 Å². The van der Waals surface area contributed by atoms with Crippen molar-refractivity contribution in [3.8, 4) is 0 Å². The zero-order valence-corrected chi connectivity index (χ0v) is 12.1. The highest BCUT2D eigenvalue weighted by atomic mass is 16.5. The van der Waals surface area contributed by atoms with Gasteiger partial charge in [0.25, 0.3) is 0 Å². The summed E-state index contributed by atoms with van der Waals surface area (Å²) < 4.78 is 4.73. The minimum Gasteiger partial charge on any atom is -0.465 e. The molecule has 0 radical (unpaired) electrons. The molecule has 1 fully saturated rings. The number of nitrogens with one attached hydrogen (secondary N) is 1. The van der Waals surface area contributed by atoms with Crippen molar-refractivity contribution in [3.05, 3.63) is 29.3 Å². The fourth-order valence-electron chi connectivity index (χ4n) is 2.59. The lowest BCUT2D eigenvalue weighted by Crippen LogP contribution is -2.25. The van der Waals surface area contributed by atoms with E-state index in [4.69, 9.17) is 4.74 Å². The number of rotatable bonds is 3. The number of likely N-dealkylation sites (tertiary alicyclic amines) is 1. The minimum absolute atomic E-state index is 0.288. The predicted molar refractivity (Wildman–Crippen MR) is 76.6 cm³/mol. The molecule has 2 atom stereocenters. The number of aryl methyl sites for hydroxylation is 1. The smallest absolute Gasteiger partial charge is 0.337 e. The van der Waals surface area contributed by atoms with Crippen molar-refractivity contribution in [2.45, 2.75) is 32.4 Å². The van der Waals surface area contributed by atoms with Gasteiger partial charge in [-0.1, -0.05) is 0 Å². The van der Waals surface area contributed by atoms with Crippen molar-refractivity contribution in [1.29, 1.82) is 0 Å². The molecule has 1 aromatic rings. The van der Waals surface area contributed by atoms with Gasteiger partial charge in [0.2, 0.25) is 0 Å². The second-order valence-electron chi connectivity index (χ2n) is 5.39. The number of hydrogen-bond acceptors (Lipinski definition) is 4. The van der Waals surface area contributed by atoms with E-state index in [1.807, 2.05) is 25.1 Å². The molecule has 1 saturated heterocycles. The molecule has 104 valence electrons. The van der Waals surface area contributed by atoms with Gasteiger partial charge in [0.15, 0.2) is 0 Å². The van der Waals surface area contributed by atoms with Crippen molar-refractivity contribution < 1.29 is 9.53 Å². The molecular formula is C15H22N2O2. The molecule has 2 unspecified atom stereocenters. The van der Waals surface area contributed by atoms with Gasteiger partial charge in [-0.15, -0.1) is 0 Å². The average molecular weight is 262 g/mol. The number of anilines is 1. The summed E-state index contributed by atoms with van der Waals surface area (Å²) in [4.78, 5) is 13.8. The van der Waals surface area contributed by atoms with Gasteiger partial charge in [0.05, 0.1) is 12.7 Å². The Bertz CT molecular complexity index is 463. The van der Waals surface area contributed by atoms with Crippen molar-refractivity contribution in [2.75, 3.05) is 26.0 Å². The molecule has 1 heterocycles. The average Bonchev–Trinajstić information content (AvgIpc) is 2.70. The van der Waals surface area contributed by atoms with Gasteiger partial charge in [-0.2, -0.15) is 0 Å². The maximum Gasteiger partial charge on any atom is 0.337 e. The molecular weight excluding hydrogens is 240 g/mol. The molecule has 4 heteroatoms.